The minimum absolute atomic E-state index is 0.0422. The van der Waals surface area contributed by atoms with Crippen LogP contribution in [0.25, 0.3) is 21.5 Å². The maximum absolute atomic E-state index is 12.5. The van der Waals surface area contributed by atoms with Crippen molar-refractivity contribution < 1.29 is 28.8 Å². The highest BCUT2D eigenvalue weighted by Crippen LogP contribution is 2.41. The summed E-state index contributed by atoms with van der Waals surface area (Å²) in [6, 6.07) is 9.66. The van der Waals surface area contributed by atoms with E-state index in [2.05, 4.69) is 6.07 Å². The fourth-order valence-electron chi connectivity index (χ4n) is 4.39. The summed E-state index contributed by atoms with van der Waals surface area (Å²) in [7, 11) is 6.42. The number of ether oxygens (including phenoxy) is 4. The molecule has 0 spiro atoms. The fourth-order valence-corrected chi connectivity index (χ4v) is 4.39. The van der Waals surface area contributed by atoms with Gasteiger partial charge in [-0.2, -0.15) is 0 Å². The molecule has 1 heterocycles. The predicted octanol–water partition coefficient (Wildman–Crippen LogP) is 3.51. The van der Waals surface area contributed by atoms with Gasteiger partial charge >= 0.3 is 0 Å². The van der Waals surface area contributed by atoms with Crippen LogP contribution in [0.2, 0.25) is 0 Å². The first-order chi connectivity index (χ1) is 15.0. The van der Waals surface area contributed by atoms with Crippen LogP contribution in [0.5, 0.6) is 23.0 Å². The largest absolute Gasteiger partial charge is 0.493 e. The van der Waals surface area contributed by atoms with Gasteiger partial charge in [-0.05, 0) is 63.9 Å². The van der Waals surface area contributed by atoms with Gasteiger partial charge in [0.05, 0.1) is 41.1 Å². The van der Waals surface area contributed by atoms with Crippen molar-refractivity contribution in [3.63, 3.8) is 0 Å². The molecule has 1 saturated heterocycles. The standard InChI is InChI=1S/C24H27NO6/c1-28-20-8-14-7-15(12-25-16(13-26)5-6-24(25)27)18-10-22(30-3)23(31-4)11-19(18)17(14)9-21(20)29-2/h7-11,16,26H,5-6,12-13H2,1-4H3/t16-/m0/s1. The summed E-state index contributed by atoms with van der Waals surface area (Å²) in [5.41, 5.74) is 0.962. The second-order valence-electron chi connectivity index (χ2n) is 7.61. The van der Waals surface area contributed by atoms with Gasteiger partial charge in [-0.3, -0.25) is 4.79 Å². The molecule has 164 valence electrons. The SMILES string of the molecule is COc1cc2cc(CN3C(=O)CC[C@H]3CO)c3cc(OC)c(OC)cc3c2cc1OC. The number of rotatable bonds is 7. The third-order valence-electron chi connectivity index (χ3n) is 6.05. The van der Waals surface area contributed by atoms with Gasteiger partial charge in [-0.25, -0.2) is 0 Å². The van der Waals surface area contributed by atoms with E-state index in [9.17, 15) is 9.90 Å². The molecule has 1 atom stereocenters. The van der Waals surface area contributed by atoms with Crippen molar-refractivity contribution in [2.45, 2.75) is 25.4 Å². The van der Waals surface area contributed by atoms with Gasteiger partial charge in [0.1, 0.15) is 0 Å². The number of carbonyl (C=O) groups is 1. The summed E-state index contributed by atoms with van der Waals surface area (Å²) < 4.78 is 22.1. The molecule has 0 bridgehead atoms. The van der Waals surface area contributed by atoms with Crippen LogP contribution in [0.4, 0.5) is 0 Å². The number of benzene rings is 3. The number of aliphatic hydroxyl groups excluding tert-OH is 1. The molecular formula is C24H27NO6. The molecule has 1 aliphatic heterocycles. The minimum Gasteiger partial charge on any atom is -0.493 e. The van der Waals surface area contributed by atoms with Crippen LogP contribution >= 0.6 is 0 Å². The molecule has 1 N–H and O–H groups in total. The number of hydrogen-bond acceptors (Lipinski definition) is 6. The van der Waals surface area contributed by atoms with Gasteiger partial charge in [0.2, 0.25) is 5.91 Å². The number of nitrogens with zero attached hydrogens (tertiary/aromatic N) is 1. The molecule has 31 heavy (non-hydrogen) atoms. The zero-order valence-electron chi connectivity index (χ0n) is 18.2. The number of hydrogen-bond donors (Lipinski definition) is 1. The normalized spacial score (nSPS) is 16.2. The Morgan fingerprint density at radius 1 is 0.839 bits per heavy atom. The van der Waals surface area contributed by atoms with Crippen molar-refractivity contribution in [1.29, 1.82) is 0 Å². The summed E-state index contributed by atoms with van der Waals surface area (Å²) in [5, 5.41) is 13.6. The molecule has 0 radical (unpaired) electrons. The Labute approximate surface area is 181 Å². The summed E-state index contributed by atoms with van der Waals surface area (Å²) in [4.78, 5) is 14.3. The number of methoxy groups -OCH3 is 4. The average molecular weight is 425 g/mol. The lowest BCUT2D eigenvalue weighted by Gasteiger charge is -2.25. The lowest BCUT2D eigenvalue weighted by molar-refractivity contribution is -0.130. The highest BCUT2D eigenvalue weighted by molar-refractivity contribution is 6.11. The molecule has 3 aromatic carbocycles. The van der Waals surface area contributed by atoms with Gasteiger partial charge in [-0.15, -0.1) is 0 Å². The Kier molecular flexibility index (Phi) is 5.78. The maximum atomic E-state index is 12.5. The number of carbonyl (C=O) groups excluding carboxylic acids is 1. The van der Waals surface area contributed by atoms with E-state index in [0.717, 1.165) is 27.1 Å². The molecule has 3 aromatic rings. The molecule has 7 nitrogen and oxygen atoms in total. The van der Waals surface area contributed by atoms with E-state index in [1.807, 2.05) is 24.3 Å². The third-order valence-corrected chi connectivity index (χ3v) is 6.05. The van der Waals surface area contributed by atoms with Gasteiger partial charge < -0.3 is 29.0 Å². The van der Waals surface area contributed by atoms with Crippen LogP contribution in [0, 0.1) is 0 Å². The number of likely N-dealkylation sites (tertiary alicyclic amines) is 1. The number of aliphatic hydroxyl groups is 1. The van der Waals surface area contributed by atoms with Gasteiger partial charge in [0.25, 0.3) is 0 Å². The van der Waals surface area contributed by atoms with Gasteiger partial charge in [0.15, 0.2) is 23.0 Å². The van der Waals surface area contributed by atoms with Crippen LogP contribution < -0.4 is 18.9 Å². The molecule has 1 aliphatic rings. The minimum atomic E-state index is -0.163. The first-order valence-corrected chi connectivity index (χ1v) is 10.2. The zero-order chi connectivity index (χ0) is 22.1. The van der Waals surface area contributed by atoms with Crippen molar-refractivity contribution >= 4 is 27.5 Å². The van der Waals surface area contributed by atoms with Crippen LogP contribution in [0.3, 0.4) is 0 Å². The van der Waals surface area contributed by atoms with Crippen LogP contribution in [0.15, 0.2) is 30.3 Å². The van der Waals surface area contributed by atoms with Crippen molar-refractivity contribution in [3.05, 3.63) is 35.9 Å². The fraction of sp³-hybridized carbons (Fsp3) is 0.375. The van der Waals surface area contributed by atoms with Crippen LogP contribution in [-0.2, 0) is 11.3 Å². The Morgan fingerprint density at radius 3 is 1.97 bits per heavy atom. The Hall–Kier alpha value is -3.19. The first kappa shape index (κ1) is 21.1. The summed E-state index contributed by atoms with van der Waals surface area (Å²) >= 11 is 0. The smallest absolute Gasteiger partial charge is 0.223 e. The quantitative estimate of drug-likeness (QED) is 0.584. The van der Waals surface area contributed by atoms with Crippen LogP contribution in [0.1, 0.15) is 18.4 Å². The van der Waals surface area contributed by atoms with Crippen molar-refractivity contribution in [1.82, 2.24) is 4.90 Å². The summed E-state index contributed by atoms with van der Waals surface area (Å²) in [5.74, 6) is 2.55. The van der Waals surface area contributed by atoms with Crippen molar-refractivity contribution in [2.75, 3.05) is 35.0 Å². The number of fused-ring (bicyclic) bond motifs is 3. The van der Waals surface area contributed by atoms with E-state index >= 15 is 0 Å². The van der Waals surface area contributed by atoms with E-state index in [4.69, 9.17) is 18.9 Å². The third kappa shape index (κ3) is 3.59. The van der Waals surface area contributed by atoms with Gasteiger partial charge in [-0.1, -0.05) is 0 Å². The van der Waals surface area contributed by atoms with Crippen LogP contribution in [-0.4, -0.2) is 57.0 Å². The lowest BCUT2D eigenvalue weighted by Crippen LogP contribution is -2.34. The predicted molar refractivity (Wildman–Crippen MR) is 118 cm³/mol. The highest BCUT2D eigenvalue weighted by atomic mass is 16.5. The summed E-state index contributed by atoms with van der Waals surface area (Å²) in [6.45, 7) is 0.361. The molecule has 1 fully saturated rings. The Balaban J connectivity index is 1.99. The molecule has 0 aliphatic carbocycles. The Morgan fingerprint density at radius 2 is 1.39 bits per heavy atom. The molecule has 7 heteroatoms. The molecule has 1 amide bonds. The molecule has 0 aromatic heterocycles. The monoisotopic (exact) mass is 425 g/mol. The van der Waals surface area contributed by atoms with E-state index in [-0.39, 0.29) is 18.6 Å². The second-order valence-corrected chi connectivity index (χ2v) is 7.61. The van der Waals surface area contributed by atoms with E-state index in [1.165, 1.54) is 0 Å². The molecule has 4 rings (SSSR count). The molecule has 0 unspecified atom stereocenters. The van der Waals surface area contributed by atoms with Crippen molar-refractivity contribution in [3.8, 4) is 23.0 Å². The lowest BCUT2D eigenvalue weighted by atomic mass is 9.95. The summed E-state index contributed by atoms with van der Waals surface area (Å²) in [6.07, 6.45) is 1.13. The topological polar surface area (TPSA) is 77.5 Å². The average Bonchev–Trinajstić information content (AvgIpc) is 3.16. The zero-order valence-corrected chi connectivity index (χ0v) is 18.2. The first-order valence-electron chi connectivity index (χ1n) is 10.2. The van der Waals surface area contributed by atoms with E-state index in [1.54, 1.807) is 33.3 Å². The highest BCUT2D eigenvalue weighted by Gasteiger charge is 2.31. The second kappa shape index (κ2) is 8.51. The Bertz CT molecular complexity index is 1140. The maximum Gasteiger partial charge on any atom is 0.223 e. The van der Waals surface area contributed by atoms with Gasteiger partial charge in [0, 0.05) is 13.0 Å². The number of amides is 1. The molecule has 0 saturated carbocycles. The van der Waals surface area contributed by atoms with E-state index < -0.39 is 0 Å². The van der Waals surface area contributed by atoms with Crippen molar-refractivity contribution in [2.24, 2.45) is 0 Å². The molecular weight excluding hydrogens is 398 g/mol. The van der Waals surface area contributed by atoms with E-state index in [0.29, 0.717) is 42.4 Å².